The number of hydrogen-bond acceptors (Lipinski definition) is 4. The molecule has 0 saturated carbocycles. The molecule has 0 bridgehead atoms. The molecule has 0 saturated heterocycles. The smallest absolute Gasteiger partial charge is 0.306 e. The summed E-state index contributed by atoms with van der Waals surface area (Å²) in [6, 6.07) is 0. The lowest BCUT2D eigenvalue weighted by atomic mass is 10.5. The van der Waals surface area contributed by atoms with Crippen molar-refractivity contribution >= 4 is 31.2 Å². The first-order valence-corrected chi connectivity index (χ1v) is 3.95. The second-order valence-electron chi connectivity index (χ2n) is 1.42. The molecular weight excluding hydrogens is 156 g/mol. The topological polar surface area (TPSA) is 26.3 Å². The van der Waals surface area contributed by atoms with Crippen LogP contribution in [0.3, 0.4) is 0 Å². The van der Waals surface area contributed by atoms with E-state index in [2.05, 4.69) is 30.0 Å². The molecule has 0 aromatic rings. The quantitative estimate of drug-likeness (QED) is 0.477. The average molecular weight is 166 g/mol. The summed E-state index contributed by atoms with van der Waals surface area (Å²) in [5.74, 6) is 0.933. The van der Waals surface area contributed by atoms with E-state index in [1.54, 1.807) is 0 Å². The minimum atomic E-state index is -0.195. The van der Waals surface area contributed by atoms with Crippen LogP contribution < -0.4 is 0 Å². The Morgan fingerprint density at radius 3 is 2.44 bits per heavy atom. The minimum Gasteiger partial charge on any atom is -0.465 e. The molecule has 0 amide bonds. The molecule has 0 aliphatic carbocycles. The molecule has 0 rings (SSSR count). The van der Waals surface area contributed by atoms with Crippen LogP contribution in [0.4, 0.5) is 0 Å². The number of esters is 1. The predicted octanol–water partition coefficient (Wildman–Crippen LogP) is 0.779. The molecule has 0 fully saturated rings. The Bertz CT molecular complexity index is 85.0. The number of hydrogen-bond donors (Lipinski definition) is 2. The summed E-state index contributed by atoms with van der Waals surface area (Å²) in [6.07, 6.45) is 0.386. The fourth-order valence-electron chi connectivity index (χ4n) is 0.323. The third-order valence-corrected chi connectivity index (χ3v) is 1.08. The van der Waals surface area contributed by atoms with Gasteiger partial charge in [0, 0.05) is 11.5 Å². The molecule has 0 aromatic carbocycles. The van der Waals surface area contributed by atoms with Gasteiger partial charge in [-0.1, -0.05) is 0 Å². The summed E-state index contributed by atoms with van der Waals surface area (Å²) in [6.45, 7) is 0.399. The number of rotatable bonds is 4. The molecular formula is C5H10O2S2. The zero-order valence-corrected chi connectivity index (χ0v) is 6.83. The van der Waals surface area contributed by atoms with Crippen molar-refractivity contribution in [2.45, 2.75) is 6.42 Å². The van der Waals surface area contributed by atoms with Gasteiger partial charge in [0.2, 0.25) is 0 Å². The van der Waals surface area contributed by atoms with Crippen LogP contribution in [0.15, 0.2) is 0 Å². The van der Waals surface area contributed by atoms with Gasteiger partial charge in [-0.15, -0.1) is 0 Å². The van der Waals surface area contributed by atoms with Crippen molar-refractivity contribution in [3.63, 3.8) is 0 Å². The Morgan fingerprint density at radius 1 is 1.33 bits per heavy atom. The Balaban J connectivity index is 3.06. The Morgan fingerprint density at radius 2 is 2.00 bits per heavy atom. The van der Waals surface area contributed by atoms with Crippen molar-refractivity contribution in [2.24, 2.45) is 0 Å². The van der Waals surface area contributed by atoms with Gasteiger partial charge in [-0.25, -0.2) is 0 Å². The first-order chi connectivity index (χ1) is 4.31. The van der Waals surface area contributed by atoms with Crippen molar-refractivity contribution in [1.29, 1.82) is 0 Å². The van der Waals surface area contributed by atoms with Gasteiger partial charge in [0.05, 0.1) is 6.42 Å². The van der Waals surface area contributed by atoms with Crippen LogP contribution in [0.1, 0.15) is 6.42 Å². The van der Waals surface area contributed by atoms with E-state index in [1.165, 1.54) is 0 Å². The van der Waals surface area contributed by atoms with Crippen LogP contribution in [0.2, 0.25) is 0 Å². The molecule has 0 aliphatic heterocycles. The maximum atomic E-state index is 10.5. The second-order valence-corrected chi connectivity index (χ2v) is 2.31. The largest absolute Gasteiger partial charge is 0.465 e. The van der Waals surface area contributed by atoms with E-state index in [0.29, 0.717) is 24.5 Å². The zero-order valence-electron chi connectivity index (χ0n) is 5.04. The van der Waals surface area contributed by atoms with Gasteiger partial charge in [-0.05, 0) is 0 Å². The third-order valence-electron chi connectivity index (χ3n) is 0.670. The maximum Gasteiger partial charge on any atom is 0.306 e. The van der Waals surface area contributed by atoms with Crippen LogP contribution in [-0.4, -0.2) is 24.1 Å². The van der Waals surface area contributed by atoms with E-state index in [1.807, 2.05) is 0 Å². The van der Waals surface area contributed by atoms with Gasteiger partial charge in [0.25, 0.3) is 0 Å². The number of carbonyl (C=O) groups is 1. The first-order valence-electron chi connectivity index (χ1n) is 2.68. The van der Waals surface area contributed by atoms with E-state index in [9.17, 15) is 4.79 Å². The van der Waals surface area contributed by atoms with Gasteiger partial charge < -0.3 is 4.74 Å². The van der Waals surface area contributed by atoms with E-state index < -0.39 is 0 Å². The zero-order chi connectivity index (χ0) is 7.11. The Kier molecular flexibility index (Phi) is 6.41. The van der Waals surface area contributed by atoms with Gasteiger partial charge in [0.15, 0.2) is 0 Å². The van der Waals surface area contributed by atoms with E-state index in [-0.39, 0.29) is 5.97 Å². The van der Waals surface area contributed by atoms with Crippen LogP contribution in [0, 0.1) is 0 Å². The molecule has 0 atom stereocenters. The molecule has 0 aliphatic rings. The highest BCUT2D eigenvalue weighted by atomic mass is 32.1. The summed E-state index contributed by atoms with van der Waals surface area (Å²) >= 11 is 7.73. The minimum absolute atomic E-state index is 0.195. The number of ether oxygens (including phenoxy) is 1. The van der Waals surface area contributed by atoms with Crippen molar-refractivity contribution in [3.8, 4) is 0 Å². The standard InChI is InChI=1S/C5H10O2S2/c6-5(1-3-8)7-2-4-9/h8-9H,1-4H2. The summed E-state index contributed by atoms with van der Waals surface area (Å²) in [4.78, 5) is 10.5. The Labute approximate surface area is 65.8 Å². The highest BCUT2D eigenvalue weighted by Crippen LogP contribution is 1.88. The molecule has 54 valence electrons. The average Bonchev–Trinajstić information content (AvgIpc) is 1.85. The molecule has 0 radical (unpaired) electrons. The molecule has 0 unspecified atom stereocenters. The van der Waals surface area contributed by atoms with Crippen LogP contribution in [-0.2, 0) is 9.53 Å². The summed E-state index contributed by atoms with van der Waals surface area (Å²) in [5, 5.41) is 0. The fourth-order valence-corrected chi connectivity index (χ4v) is 0.597. The van der Waals surface area contributed by atoms with E-state index in [4.69, 9.17) is 0 Å². The predicted molar refractivity (Wildman–Crippen MR) is 43.3 cm³/mol. The summed E-state index contributed by atoms with van der Waals surface area (Å²) in [5.41, 5.74) is 0. The first kappa shape index (κ1) is 9.17. The molecule has 2 nitrogen and oxygen atoms in total. The molecule has 0 spiro atoms. The summed E-state index contributed by atoms with van der Waals surface area (Å²) in [7, 11) is 0. The van der Waals surface area contributed by atoms with Gasteiger partial charge in [0.1, 0.15) is 6.61 Å². The molecule has 0 N–H and O–H groups in total. The highest BCUT2D eigenvalue weighted by Gasteiger charge is 1.97. The molecule has 4 heteroatoms. The summed E-state index contributed by atoms with van der Waals surface area (Å²) < 4.78 is 4.67. The fraction of sp³-hybridized carbons (Fsp3) is 0.800. The molecule has 9 heavy (non-hydrogen) atoms. The lowest BCUT2D eigenvalue weighted by molar-refractivity contribution is -0.142. The van der Waals surface area contributed by atoms with Gasteiger partial charge >= 0.3 is 5.97 Å². The lowest BCUT2D eigenvalue weighted by Crippen LogP contribution is -2.06. The SMILES string of the molecule is O=C(CCS)OCCS. The number of thiol groups is 2. The van der Waals surface area contributed by atoms with Gasteiger partial charge in [-0.2, -0.15) is 25.3 Å². The normalized spacial score (nSPS) is 9.11. The van der Waals surface area contributed by atoms with Crippen molar-refractivity contribution in [2.75, 3.05) is 18.1 Å². The third kappa shape index (κ3) is 6.05. The van der Waals surface area contributed by atoms with Crippen molar-refractivity contribution < 1.29 is 9.53 Å². The van der Waals surface area contributed by atoms with Crippen LogP contribution in [0.25, 0.3) is 0 Å². The lowest BCUT2D eigenvalue weighted by Gasteiger charge is -1.98. The van der Waals surface area contributed by atoms with Crippen molar-refractivity contribution in [3.05, 3.63) is 0 Å². The van der Waals surface area contributed by atoms with Gasteiger partial charge in [-0.3, -0.25) is 4.79 Å². The second kappa shape index (κ2) is 6.29. The highest BCUT2D eigenvalue weighted by molar-refractivity contribution is 7.80. The number of carbonyl (C=O) groups excluding carboxylic acids is 1. The van der Waals surface area contributed by atoms with E-state index >= 15 is 0 Å². The van der Waals surface area contributed by atoms with E-state index in [0.717, 1.165) is 0 Å². The Hall–Kier alpha value is 0.170. The van der Waals surface area contributed by atoms with Crippen LogP contribution >= 0.6 is 25.3 Å². The molecule has 0 heterocycles. The van der Waals surface area contributed by atoms with Crippen molar-refractivity contribution in [1.82, 2.24) is 0 Å². The maximum absolute atomic E-state index is 10.5. The van der Waals surface area contributed by atoms with Crippen LogP contribution in [0.5, 0.6) is 0 Å². The monoisotopic (exact) mass is 166 g/mol. The molecule has 0 aromatic heterocycles.